The zero-order valence-electron chi connectivity index (χ0n) is 12.0. The highest BCUT2D eigenvalue weighted by Crippen LogP contribution is 2.14. The molecule has 0 atom stereocenters. The summed E-state index contributed by atoms with van der Waals surface area (Å²) in [4.78, 5) is 0. The molecule has 0 aromatic rings. The molecule has 0 aromatic heterocycles. The molecule has 0 amide bonds. The molecule has 0 bridgehead atoms. The Kier molecular flexibility index (Phi) is 7.99. The molecule has 1 heterocycles. The van der Waals surface area contributed by atoms with Gasteiger partial charge in [0.15, 0.2) is 5.17 Å². The molecule has 1 fully saturated rings. The van der Waals surface area contributed by atoms with Crippen molar-refractivity contribution in [2.24, 2.45) is 5.92 Å². The molecule has 0 radical (unpaired) electrons. The van der Waals surface area contributed by atoms with Gasteiger partial charge < -0.3 is 10.6 Å². The third kappa shape index (κ3) is 6.21. The smallest absolute Gasteiger partial charge is 0.159 e. The van der Waals surface area contributed by atoms with Crippen LogP contribution in [0.1, 0.15) is 19.8 Å². The van der Waals surface area contributed by atoms with E-state index in [1.165, 1.54) is 11.8 Å². The minimum Gasteiger partial charge on any atom is -0.324 e. The molecule has 4 N–H and O–H groups in total. The second-order valence-electron chi connectivity index (χ2n) is 4.64. The Labute approximate surface area is 125 Å². The van der Waals surface area contributed by atoms with E-state index in [9.17, 15) is 0 Å². The van der Waals surface area contributed by atoms with Crippen LogP contribution in [0.4, 0.5) is 0 Å². The van der Waals surface area contributed by atoms with E-state index in [2.05, 4.69) is 17.2 Å². The summed E-state index contributed by atoms with van der Waals surface area (Å²) >= 11 is 1.41. The van der Waals surface area contributed by atoms with Gasteiger partial charge in [0.1, 0.15) is 5.84 Å². The summed E-state index contributed by atoms with van der Waals surface area (Å²) in [7, 11) is 0. The summed E-state index contributed by atoms with van der Waals surface area (Å²) in [5.74, 6) is 1.47. The van der Waals surface area contributed by atoms with Crippen LogP contribution in [0, 0.1) is 16.7 Å². The fourth-order valence-corrected chi connectivity index (χ4v) is 2.70. The zero-order valence-corrected chi connectivity index (χ0v) is 12.9. The van der Waals surface area contributed by atoms with Crippen molar-refractivity contribution in [1.82, 2.24) is 10.6 Å². The van der Waals surface area contributed by atoms with Gasteiger partial charge in [0.05, 0.1) is 0 Å². The van der Waals surface area contributed by atoms with Crippen molar-refractivity contribution in [2.45, 2.75) is 19.8 Å². The van der Waals surface area contributed by atoms with Crippen LogP contribution in [-0.4, -0.2) is 29.8 Å². The van der Waals surface area contributed by atoms with Crippen LogP contribution >= 0.6 is 11.8 Å². The number of hydrogen-bond donors (Lipinski definition) is 4. The Morgan fingerprint density at radius 1 is 1.40 bits per heavy atom. The number of thioether (sulfide) groups is 1. The Morgan fingerprint density at radius 2 is 2.10 bits per heavy atom. The van der Waals surface area contributed by atoms with Crippen LogP contribution in [0.5, 0.6) is 0 Å². The number of hydrogen-bond acceptors (Lipinski definition) is 4. The summed E-state index contributed by atoms with van der Waals surface area (Å²) in [5.41, 5.74) is 1.15. The second kappa shape index (κ2) is 9.55. The third-order valence-corrected chi connectivity index (χ3v) is 4.06. The first-order valence-electron chi connectivity index (χ1n) is 6.89. The molecule has 0 spiro atoms. The van der Waals surface area contributed by atoms with E-state index in [-0.39, 0.29) is 5.92 Å². The molecule has 4 nitrogen and oxygen atoms in total. The van der Waals surface area contributed by atoms with Gasteiger partial charge in [-0.25, -0.2) is 0 Å². The van der Waals surface area contributed by atoms with Crippen molar-refractivity contribution < 1.29 is 0 Å². The third-order valence-electron chi connectivity index (χ3n) is 3.20. The molecule has 1 rings (SSSR count). The van der Waals surface area contributed by atoms with E-state index in [1.807, 2.05) is 25.2 Å². The lowest BCUT2D eigenvalue weighted by Crippen LogP contribution is -2.39. The number of amidine groups is 2. The SMILES string of the molecule is C=C/C=C\C(=C/C)CSC(=N)NC(=N)C1CCNCC1. The minimum atomic E-state index is 0.263. The van der Waals surface area contributed by atoms with Crippen LogP contribution in [-0.2, 0) is 0 Å². The molecular formula is C15H24N4S. The average Bonchev–Trinajstić information content (AvgIpc) is 2.48. The second-order valence-corrected chi connectivity index (χ2v) is 5.62. The molecule has 0 aliphatic carbocycles. The topological polar surface area (TPSA) is 71.8 Å². The lowest BCUT2D eigenvalue weighted by Gasteiger charge is -2.23. The van der Waals surface area contributed by atoms with Crippen molar-refractivity contribution in [3.63, 3.8) is 0 Å². The molecule has 5 heteroatoms. The van der Waals surface area contributed by atoms with Crippen LogP contribution in [0.2, 0.25) is 0 Å². The Hall–Kier alpha value is -1.33. The molecule has 0 aromatic carbocycles. The zero-order chi connectivity index (χ0) is 14.8. The first-order chi connectivity index (χ1) is 9.67. The number of rotatable bonds is 5. The van der Waals surface area contributed by atoms with Crippen LogP contribution < -0.4 is 10.6 Å². The van der Waals surface area contributed by atoms with Crippen LogP contribution in [0.3, 0.4) is 0 Å². The van der Waals surface area contributed by atoms with Crippen molar-refractivity contribution in [3.8, 4) is 0 Å². The van der Waals surface area contributed by atoms with E-state index >= 15 is 0 Å². The minimum absolute atomic E-state index is 0.263. The number of allylic oxidation sites excluding steroid dienone is 4. The summed E-state index contributed by atoms with van der Waals surface area (Å²) < 4.78 is 0. The maximum atomic E-state index is 8.02. The molecule has 110 valence electrons. The number of piperidine rings is 1. The maximum absolute atomic E-state index is 8.02. The highest BCUT2D eigenvalue weighted by Gasteiger charge is 2.18. The predicted molar refractivity (Wildman–Crippen MR) is 89.7 cm³/mol. The molecule has 1 aliphatic heterocycles. The van der Waals surface area contributed by atoms with E-state index in [4.69, 9.17) is 10.8 Å². The van der Waals surface area contributed by atoms with E-state index in [0.717, 1.165) is 37.3 Å². The van der Waals surface area contributed by atoms with Gasteiger partial charge in [-0.3, -0.25) is 10.8 Å². The van der Waals surface area contributed by atoms with Gasteiger partial charge in [0.25, 0.3) is 0 Å². The normalized spacial score (nSPS) is 17.1. The first kappa shape index (κ1) is 16.7. The monoisotopic (exact) mass is 292 g/mol. The Morgan fingerprint density at radius 3 is 2.70 bits per heavy atom. The fourth-order valence-electron chi connectivity index (χ4n) is 1.95. The predicted octanol–water partition coefficient (Wildman–Crippen LogP) is 2.91. The van der Waals surface area contributed by atoms with Crippen molar-refractivity contribution >= 4 is 22.8 Å². The van der Waals surface area contributed by atoms with Gasteiger partial charge >= 0.3 is 0 Å². The van der Waals surface area contributed by atoms with Gasteiger partial charge in [-0.05, 0) is 38.4 Å². The number of nitrogens with one attached hydrogen (secondary N) is 4. The van der Waals surface area contributed by atoms with Crippen molar-refractivity contribution in [1.29, 1.82) is 10.8 Å². The van der Waals surface area contributed by atoms with Gasteiger partial charge in [-0.2, -0.15) is 0 Å². The standard InChI is InChI=1S/C15H24N4S/c1-3-5-6-12(4-2)11-20-15(17)19-14(16)13-7-9-18-10-8-13/h3-6,13,18H,1,7-11H2,2H3,(H3,16,17,19)/b6-5-,12-4+. The maximum Gasteiger partial charge on any atom is 0.159 e. The first-order valence-corrected chi connectivity index (χ1v) is 7.87. The molecule has 0 unspecified atom stereocenters. The highest BCUT2D eigenvalue weighted by molar-refractivity contribution is 8.13. The lowest BCUT2D eigenvalue weighted by atomic mass is 9.97. The van der Waals surface area contributed by atoms with E-state index < -0.39 is 0 Å². The lowest BCUT2D eigenvalue weighted by molar-refractivity contribution is 0.451. The molecule has 1 aliphatic rings. The molecule has 1 saturated heterocycles. The summed E-state index contributed by atoms with van der Waals surface area (Å²) in [6.45, 7) is 7.55. The van der Waals surface area contributed by atoms with E-state index in [1.54, 1.807) is 6.08 Å². The quantitative estimate of drug-likeness (QED) is 0.358. The Bertz CT molecular complexity index is 406. The average molecular weight is 292 g/mol. The molecule has 0 saturated carbocycles. The van der Waals surface area contributed by atoms with Gasteiger partial charge in [0.2, 0.25) is 0 Å². The molecular weight excluding hydrogens is 268 g/mol. The van der Waals surface area contributed by atoms with Crippen molar-refractivity contribution in [2.75, 3.05) is 18.8 Å². The van der Waals surface area contributed by atoms with E-state index in [0.29, 0.717) is 11.0 Å². The molecule has 20 heavy (non-hydrogen) atoms. The summed E-state index contributed by atoms with van der Waals surface area (Å²) in [6, 6.07) is 0. The van der Waals surface area contributed by atoms with Crippen LogP contribution in [0.15, 0.2) is 36.5 Å². The van der Waals surface area contributed by atoms with Gasteiger partial charge in [-0.1, -0.05) is 42.6 Å². The summed E-state index contributed by atoms with van der Waals surface area (Å²) in [5, 5.41) is 22.5. The van der Waals surface area contributed by atoms with Gasteiger partial charge in [-0.15, -0.1) is 0 Å². The largest absolute Gasteiger partial charge is 0.324 e. The van der Waals surface area contributed by atoms with Crippen molar-refractivity contribution in [3.05, 3.63) is 36.5 Å². The summed E-state index contributed by atoms with van der Waals surface area (Å²) in [6.07, 6.45) is 9.61. The highest BCUT2D eigenvalue weighted by atomic mass is 32.2. The van der Waals surface area contributed by atoms with Gasteiger partial charge in [0, 0.05) is 11.7 Å². The van der Waals surface area contributed by atoms with Crippen LogP contribution in [0.25, 0.3) is 0 Å². The fraction of sp³-hybridized carbons (Fsp3) is 0.467. The Balaban J connectivity index is 2.33.